The van der Waals surface area contributed by atoms with Crippen molar-refractivity contribution in [2.24, 2.45) is 5.73 Å². The van der Waals surface area contributed by atoms with Crippen LogP contribution in [0.25, 0.3) is 0 Å². The standard InChI is InChI=1S/C10H19ClN4O/c1-14(2)4-5-15-10(8(11)6-13-15)9(12)7-16-3/h6,9H,4-5,7,12H2,1-3H3. The molecule has 0 saturated carbocycles. The van der Waals surface area contributed by atoms with Crippen molar-refractivity contribution < 1.29 is 4.74 Å². The minimum absolute atomic E-state index is 0.234. The van der Waals surface area contributed by atoms with Crippen LogP contribution in [0, 0.1) is 0 Å². The molecule has 0 fully saturated rings. The van der Waals surface area contributed by atoms with Crippen molar-refractivity contribution >= 4 is 11.6 Å². The predicted molar refractivity (Wildman–Crippen MR) is 64.6 cm³/mol. The van der Waals surface area contributed by atoms with Crippen molar-refractivity contribution in [2.45, 2.75) is 12.6 Å². The van der Waals surface area contributed by atoms with Crippen LogP contribution in [0.2, 0.25) is 5.02 Å². The van der Waals surface area contributed by atoms with Crippen LogP contribution in [-0.4, -0.2) is 49.0 Å². The minimum Gasteiger partial charge on any atom is -0.383 e. The molecule has 1 aromatic rings. The summed E-state index contributed by atoms with van der Waals surface area (Å²) in [6.07, 6.45) is 1.63. The molecule has 2 N–H and O–H groups in total. The van der Waals surface area contributed by atoms with Gasteiger partial charge in [-0.05, 0) is 14.1 Å². The fourth-order valence-electron chi connectivity index (χ4n) is 1.47. The molecule has 1 heterocycles. The quantitative estimate of drug-likeness (QED) is 0.805. The van der Waals surface area contributed by atoms with Gasteiger partial charge in [0.05, 0.1) is 36.1 Å². The third kappa shape index (κ3) is 3.45. The molecule has 0 aliphatic carbocycles. The van der Waals surface area contributed by atoms with Crippen molar-refractivity contribution in [3.63, 3.8) is 0 Å². The molecule has 1 atom stereocenters. The predicted octanol–water partition coefficient (Wildman–Crippen LogP) is 0.744. The van der Waals surface area contributed by atoms with Crippen LogP contribution in [0.3, 0.4) is 0 Å². The number of nitrogens with two attached hydrogens (primary N) is 1. The second-order valence-electron chi connectivity index (χ2n) is 3.97. The number of ether oxygens (including phenoxy) is 1. The lowest BCUT2D eigenvalue weighted by molar-refractivity contribution is 0.177. The number of hydrogen-bond donors (Lipinski definition) is 1. The molecule has 0 bridgehead atoms. The van der Waals surface area contributed by atoms with Crippen LogP contribution in [0.4, 0.5) is 0 Å². The van der Waals surface area contributed by atoms with E-state index in [1.165, 1.54) is 0 Å². The van der Waals surface area contributed by atoms with Crippen molar-refractivity contribution in [1.82, 2.24) is 14.7 Å². The number of methoxy groups -OCH3 is 1. The lowest BCUT2D eigenvalue weighted by Gasteiger charge is -2.16. The number of halogens is 1. The van der Waals surface area contributed by atoms with Gasteiger partial charge < -0.3 is 15.4 Å². The number of aromatic nitrogens is 2. The van der Waals surface area contributed by atoms with E-state index in [2.05, 4.69) is 10.00 Å². The number of hydrogen-bond acceptors (Lipinski definition) is 4. The van der Waals surface area contributed by atoms with Gasteiger partial charge in [-0.3, -0.25) is 4.68 Å². The van der Waals surface area contributed by atoms with E-state index in [0.717, 1.165) is 18.8 Å². The van der Waals surface area contributed by atoms with Crippen molar-refractivity contribution in [3.8, 4) is 0 Å². The van der Waals surface area contributed by atoms with Crippen LogP contribution in [0.15, 0.2) is 6.20 Å². The molecule has 1 aromatic heterocycles. The normalized spacial score (nSPS) is 13.4. The fourth-order valence-corrected chi connectivity index (χ4v) is 1.75. The summed E-state index contributed by atoms with van der Waals surface area (Å²) < 4.78 is 6.87. The SMILES string of the molecule is COCC(N)c1c(Cl)cnn1CCN(C)C. The molecule has 1 rings (SSSR count). The van der Waals surface area contributed by atoms with E-state index in [1.807, 2.05) is 18.8 Å². The Bertz CT molecular complexity index is 327. The number of rotatable bonds is 6. The van der Waals surface area contributed by atoms with E-state index >= 15 is 0 Å². The van der Waals surface area contributed by atoms with Crippen LogP contribution in [0.5, 0.6) is 0 Å². The molecule has 0 spiro atoms. The average Bonchev–Trinajstić information content (AvgIpc) is 2.57. The number of nitrogens with zero attached hydrogens (tertiary/aromatic N) is 3. The molecule has 92 valence electrons. The first-order chi connectivity index (χ1) is 7.56. The summed E-state index contributed by atoms with van der Waals surface area (Å²) in [6.45, 7) is 2.10. The van der Waals surface area contributed by atoms with Crippen molar-refractivity contribution in [1.29, 1.82) is 0 Å². The Morgan fingerprint density at radius 3 is 2.88 bits per heavy atom. The average molecular weight is 247 g/mol. The van der Waals surface area contributed by atoms with E-state index < -0.39 is 0 Å². The van der Waals surface area contributed by atoms with Gasteiger partial charge in [-0.25, -0.2) is 0 Å². The summed E-state index contributed by atoms with van der Waals surface area (Å²) in [5, 5.41) is 4.81. The molecule has 0 radical (unpaired) electrons. The lowest BCUT2D eigenvalue weighted by atomic mass is 10.2. The van der Waals surface area contributed by atoms with Gasteiger partial charge in [0.1, 0.15) is 0 Å². The second kappa shape index (κ2) is 6.20. The molecule has 16 heavy (non-hydrogen) atoms. The maximum Gasteiger partial charge on any atom is 0.0834 e. The molecule has 6 heteroatoms. The largest absolute Gasteiger partial charge is 0.383 e. The van der Waals surface area contributed by atoms with Crippen molar-refractivity contribution in [3.05, 3.63) is 16.9 Å². The van der Waals surface area contributed by atoms with Gasteiger partial charge in [-0.2, -0.15) is 5.10 Å². The van der Waals surface area contributed by atoms with Crippen LogP contribution in [0.1, 0.15) is 11.7 Å². The van der Waals surface area contributed by atoms with Crippen LogP contribution >= 0.6 is 11.6 Å². The molecule has 0 aromatic carbocycles. The summed E-state index contributed by atoms with van der Waals surface area (Å²) in [4.78, 5) is 2.08. The first kappa shape index (κ1) is 13.4. The van der Waals surface area contributed by atoms with Crippen molar-refractivity contribution in [2.75, 3.05) is 34.4 Å². The van der Waals surface area contributed by atoms with Gasteiger partial charge in [0.15, 0.2) is 0 Å². The summed E-state index contributed by atoms with van der Waals surface area (Å²) in [6, 6.07) is -0.234. The van der Waals surface area contributed by atoms with E-state index in [1.54, 1.807) is 13.3 Å². The molecule has 0 amide bonds. The highest BCUT2D eigenvalue weighted by atomic mass is 35.5. The first-order valence-corrected chi connectivity index (χ1v) is 5.54. The maximum atomic E-state index is 6.06. The summed E-state index contributed by atoms with van der Waals surface area (Å²) >= 11 is 6.06. The van der Waals surface area contributed by atoms with Gasteiger partial charge in [-0.15, -0.1) is 0 Å². The van der Waals surface area contributed by atoms with Gasteiger partial charge in [0.2, 0.25) is 0 Å². The molecular formula is C10H19ClN4O. The van der Waals surface area contributed by atoms with E-state index in [-0.39, 0.29) is 6.04 Å². The van der Waals surface area contributed by atoms with Gasteiger partial charge in [0.25, 0.3) is 0 Å². The Labute approximate surface area is 101 Å². The fraction of sp³-hybridized carbons (Fsp3) is 0.700. The minimum atomic E-state index is -0.234. The monoisotopic (exact) mass is 246 g/mol. The first-order valence-electron chi connectivity index (χ1n) is 5.16. The zero-order valence-electron chi connectivity index (χ0n) is 9.98. The molecule has 0 aliphatic rings. The van der Waals surface area contributed by atoms with E-state index in [4.69, 9.17) is 22.1 Å². The lowest BCUT2D eigenvalue weighted by Crippen LogP contribution is -2.25. The van der Waals surface area contributed by atoms with Gasteiger partial charge >= 0.3 is 0 Å². The zero-order chi connectivity index (χ0) is 12.1. The van der Waals surface area contributed by atoms with Gasteiger partial charge in [-0.1, -0.05) is 11.6 Å². The molecular weight excluding hydrogens is 228 g/mol. The Kier molecular flexibility index (Phi) is 5.21. The zero-order valence-corrected chi connectivity index (χ0v) is 10.7. The third-order valence-corrected chi connectivity index (χ3v) is 2.58. The topological polar surface area (TPSA) is 56.3 Å². The highest BCUT2D eigenvalue weighted by Crippen LogP contribution is 2.21. The second-order valence-corrected chi connectivity index (χ2v) is 4.37. The Morgan fingerprint density at radius 1 is 1.62 bits per heavy atom. The summed E-state index contributed by atoms with van der Waals surface area (Å²) in [5.74, 6) is 0. The smallest absolute Gasteiger partial charge is 0.0834 e. The Hall–Kier alpha value is -0.620. The summed E-state index contributed by atoms with van der Waals surface area (Å²) in [7, 11) is 5.65. The van der Waals surface area contributed by atoms with E-state index in [0.29, 0.717) is 11.6 Å². The molecule has 0 aliphatic heterocycles. The highest BCUT2D eigenvalue weighted by molar-refractivity contribution is 6.31. The summed E-state index contributed by atoms with van der Waals surface area (Å²) in [5.41, 5.74) is 6.81. The van der Waals surface area contributed by atoms with Crippen LogP contribution < -0.4 is 5.73 Å². The Balaban J connectivity index is 2.76. The van der Waals surface area contributed by atoms with Crippen LogP contribution in [-0.2, 0) is 11.3 Å². The highest BCUT2D eigenvalue weighted by Gasteiger charge is 2.16. The van der Waals surface area contributed by atoms with E-state index in [9.17, 15) is 0 Å². The van der Waals surface area contributed by atoms with Gasteiger partial charge in [0, 0.05) is 13.7 Å². The molecule has 5 nitrogen and oxygen atoms in total. The molecule has 0 saturated heterocycles. The number of likely N-dealkylation sites (N-methyl/N-ethyl adjacent to an activating group) is 1. The molecule has 1 unspecified atom stereocenters. The third-order valence-electron chi connectivity index (χ3n) is 2.29. The Morgan fingerprint density at radius 2 is 2.31 bits per heavy atom. The maximum absolute atomic E-state index is 6.06.